The molecule has 0 aromatic heterocycles. The van der Waals surface area contributed by atoms with Crippen molar-refractivity contribution in [2.75, 3.05) is 19.8 Å². The van der Waals surface area contributed by atoms with Crippen LogP contribution in [0.3, 0.4) is 0 Å². The van der Waals surface area contributed by atoms with Crippen LogP contribution in [-0.2, 0) is 16.0 Å². The van der Waals surface area contributed by atoms with Crippen molar-refractivity contribution in [1.29, 1.82) is 0 Å². The Morgan fingerprint density at radius 3 is 2.16 bits per heavy atom. The van der Waals surface area contributed by atoms with Crippen LogP contribution in [0.25, 0.3) is 11.1 Å². The minimum absolute atomic E-state index is 0.0735. The largest absolute Gasteiger partial charge is 0.490 e. The number of carboxylic acids is 1. The summed E-state index contributed by atoms with van der Waals surface area (Å²) >= 11 is 0. The molecule has 7 nitrogen and oxygen atoms in total. The highest BCUT2D eigenvalue weighted by Gasteiger charge is 2.30. The molecule has 1 aliphatic carbocycles. The van der Waals surface area contributed by atoms with Gasteiger partial charge in [-0.15, -0.1) is 0 Å². The van der Waals surface area contributed by atoms with E-state index in [-0.39, 0.29) is 18.9 Å². The van der Waals surface area contributed by atoms with Crippen LogP contribution in [0, 0.1) is 5.92 Å². The molecule has 1 atom stereocenters. The van der Waals surface area contributed by atoms with Crippen LogP contribution in [0.4, 0.5) is 4.79 Å². The fourth-order valence-electron chi connectivity index (χ4n) is 4.54. The molecule has 0 saturated heterocycles. The molecule has 4 rings (SSSR count). The van der Waals surface area contributed by atoms with Gasteiger partial charge in [0.05, 0.1) is 13.2 Å². The van der Waals surface area contributed by atoms with Crippen molar-refractivity contribution in [3.05, 3.63) is 83.4 Å². The van der Waals surface area contributed by atoms with Gasteiger partial charge in [0.25, 0.3) is 0 Å². The van der Waals surface area contributed by atoms with Crippen molar-refractivity contribution in [3.63, 3.8) is 0 Å². The van der Waals surface area contributed by atoms with Crippen LogP contribution in [0.5, 0.6) is 11.5 Å². The molecular formula is C30H33NO6. The third-order valence-corrected chi connectivity index (χ3v) is 6.25. The van der Waals surface area contributed by atoms with E-state index in [0.29, 0.717) is 36.2 Å². The fourth-order valence-corrected chi connectivity index (χ4v) is 4.54. The Kier molecular flexibility index (Phi) is 8.33. The van der Waals surface area contributed by atoms with Crippen molar-refractivity contribution in [2.24, 2.45) is 5.92 Å². The normalized spacial score (nSPS) is 13.0. The molecule has 0 radical (unpaired) electrons. The highest BCUT2D eigenvalue weighted by atomic mass is 16.5. The van der Waals surface area contributed by atoms with E-state index in [9.17, 15) is 14.7 Å². The monoisotopic (exact) mass is 503 g/mol. The van der Waals surface area contributed by atoms with Gasteiger partial charge >= 0.3 is 12.1 Å². The summed E-state index contributed by atoms with van der Waals surface area (Å²) < 4.78 is 17.1. The Bertz CT molecular complexity index is 1210. The summed E-state index contributed by atoms with van der Waals surface area (Å²) in [5.41, 5.74) is 5.14. The SMILES string of the molecule is CCOc1cc(CC(NC(=O)OCC2c3ccccc3-c3ccccc32)C(=O)O)ccc1OCC(C)C. The quantitative estimate of drug-likeness (QED) is 0.351. The van der Waals surface area contributed by atoms with Crippen LogP contribution in [0.15, 0.2) is 66.7 Å². The molecule has 0 heterocycles. The number of ether oxygens (including phenoxy) is 3. The number of amides is 1. The molecule has 3 aromatic carbocycles. The second-order valence-corrected chi connectivity index (χ2v) is 9.48. The number of rotatable bonds is 11. The summed E-state index contributed by atoms with van der Waals surface area (Å²) in [6.45, 7) is 7.09. The first-order chi connectivity index (χ1) is 17.9. The lowest BCUT2D eigenvalue weighted by Gasteiger charge is -2.18. The van der Waals surface area contributed by atoms with Gasteiger partial charge in [-0.2, -0.15) is 0 Å². The van der Waals surface area contributed by atoms with E-state index in [4.69, 9.17) is 14.2 Å². The molecule has 1 amide bonds. The summed E-state index contributed by atoms with van der Waals surface area (Å²) in [7, 11) is 0. The minimum atomic E-state index is -1.16. The van der Waals surface area contributed by atoms with Crippen LogP contribution in [0.2, 0.25) is 0 Å². The van der Waals surface area contributed by atoms with Crippen molar-refractivity contribution >= 4 is 12.1 Å². The summed E-state index contributed by atoms with van der Waals surface area (Å²) in [4.78, 5) is 24.6. The maximum absolute atomic E-state index is 12.7. The van der Waals surface area contributed by atoms with Gasteiger partial charge in [0, 0.05) is 12.3 Å². The topological polar surface area (TPSA) is 94.1 Å². The second-order valence-electron chi connectivity index (χ2n) is 9.48. The van der Waals surface area contributed by atoms with Gasteiger partial charge in [0.15, 0.2) is 11.5 Å². The lowest BCUT2D eigenvalue weighted by molar-refractivity contribution is -0.139. The molecule has 37 heavy (non-hydrogen) atoms. The van der Waals surface area contributed by atoms with Crippen molar-refractivity contribution in [3.8, 4) is 22.6 Å². The zero-order chi connectivity index (χ0) is 26.4. The number of aliphatic carboxylic acids is 1. The standard InChI is InChI=1S/C30H33NO6/c1-4-35-28-16-20(13-14-27(28)36-17-19(2)3)15-26(29(32)33)31-30(34)37-18-25-23-11-7-5-9-21(23)22-10-6-8-12-24(22)25/h5-14,16,19,25-26H,4,15,17-18H2,1-3H3,(H,31,34)(H,32,33). The zero-order valence-electron chi connectivity index (χ0n) is 21.4. The smallest absolute Gasteiger partial charge is 0.407 e. The second kappa shape index (κ2) is 11.8. The Morgan fingerprint density at radius 1 is 0.919 bits per heavy atom. The number of fused-ring (bicyclic) bond motifs is 3. The fraction of sp³-hybridized carbons (Fsp3) is 0.333. The predicted molar refractivity (Wildman–Crippen MR) is 141 cm³/mol. The molecule has 0 spiro atoms. The van der Waals surface area contributed by atoms with Crippen molar-refractivity contribution in [1.82, 2.24) is 5.32 Å². The average Bonchev–Trinajstić information content (AvgIpc) is 3.20. The third-order valence-electron chi connectivity index (χ3n) is 6.25. The zero-order valence-corrected chi connectivity index (χ0v) is 21.4. The van der Waals surface area contributed by atoms with Crippen LogP contribution in [-0.4, -0.2) is 43.0 Å². The van der Waals surface area contributed by atoms with Gasteiger partial charge in [-0.05, 0) is 52.8 Å². The molecule has 0 aliphatic heterocycles. The minimum Gasteiger partial charge on any atom is -0.490 e. The van der Waals surface area contributed by atoms with E-state index in [0.717, 1.165) is 22.3 Å². The van der Waals surface area contributed by atoms with Gasteiger partial charge < -0.3 is 24.6 Å². The Balaban J connectivity index is 1.41. The number of carbonyl (C=O) groups excluding carboxylic acids is 1. The van der Waals surface area contributed by atoms with E-state index < -0.39 is 18.1 Å². The van der Waals surface area contributed by atoms with Gasteiger partial charge in [-0.1, -0.05) is 68.4 Å². The molecule has 7 heteroatoms. The lowest BCUT2D eigenvalue weighted by Crippen LogP contribution is -2.42. The van der Waals surface area contributed by atoms with Crippen LogP contribution >= 0.6 is 0 Å². The predicted octanol–water partition coefficient (Wildman–Crippen LogP) is 5.65. The molecule has 3 aromatic rings. The van der Waals surface area contributed by atoms with Crippen LogP contribution in [0.1, 0.15) is 43.4 Å². The van der Waals surface area contributed by atoms with E-state index in [1.54, 1.807) is 18.2 Å². The summed E-state index contributed by atoms with van der Waals surface area (Å²) in [5.74, 6) is 0.258. The number of carboxylic acid groups (broad SMARTS) is 1. The number of benzene rings is 3. The Morgan fingerprint density at radius 2 is 1.57 bits per heavy atom. The highest BCUT2D eigenvalue weighted by molar-refractivity contribution is 5.81. The third kappa shape index (κ3) is 6.23. The van der Waals surface area contributed by atoms with E-state index in [1.807, 2.05) is 43.3 Å². The molecule has 0 saturated carbocycles. The molecule has 0 bridgehead atoms. The number of hydrogen-bond acceptors (Lipinski definition) is 5. The first kappa shape index (κ1) is 26.1. The molecular weight excluding hydrogens is 470 g/mol. The first-order valence-electron chi connectivity index (χ1n) is 12.6. The van der Waals surface area contributed by atoms with Gasteiger partial charge in [-0.25, -0.2) is 9.59 Å². The Labute approximate surface area is 217 Å². The molecule has 1 unspecified atom stereocenters. The number of carbonyl (C=O) groups is 2. The van der Waals surface area contributed by atoms with Crippen molar-refractivity contribution < 1.29 is 28.9 Å². The van der Waals surface area contributed by atoms with E-state index >= 15 is 0 Å². The Hall–Kier alpha value is -4.00. The maximum atomic E-state index is 12.7. The van der Waals surface area contributed by atoms with E-state index in [1.165, 1.54) is 0 Å². The van der Waals surface area contributed by atoms with Crippen LogP contribution < -0.4 is 14.8 Å². The molecule has 0 fully saturated rings. The summed E-state index contributed by atoms with van der Waals surface area (Å²) in [5, 5.41) is 12.3. The number of alkyl carbamates (subject to hydrolysis) is 1. The molecule has 1 aliphatic rings. The van der Waals surface area contributed by atoms with Gasteiger partial charge in [0.2, 0.25) is 0 Å². The average molecular weight is 504 g/mol. The summed E-state index contributed by atoms with van der Waals surface area (Å²) in [6.07, 6.45) is -0.694. The first-order valence-corrected chi connectivity index (χ1v) is 12.6. The van der Waals surface area contributed by atoms with Gasteiger partial charge in [0.1, 0.15) is 12.6 Å². The van der Waals surface area contributed by atoms with E-state index in [2.05, 4.69) is 31.3 Å². The maximum Gasteiger partial charge on any atom is 0.407 e. The van der Waals surface area contributed by atoms with Crippen molar-refractivity contribution in [2.45, 2.75) is 39.2 Å². The molecule has 194 valence electrons. The number of hydrogen-bond donors (Lipinski definition) is 2. The lowest BCUT2D eigenvalue weighted by atomic mass is 9.98. The highest BCUT2D eigenvalue weighted by Crippen LogP contribution is 2.44. The summed E-state index contributed by atoms with van der Waals surface area (Å²) in [6, 6.07) is 20.3. The van der Waals surface area contributed by atoms with Gasteiger partial charge in [-0.3, -0.25) is 0 Å². The molecule has 2 N–H and O–H groups in total. The number of nitrogens with one attached hydrogen (secondary N) is 1.